The number of benzene rings is 3. The van der Waals surface area contributed by atoms with E-state index in [1.165, 1.54) is 5.56 Å². The molecule has 0 bridgehead atoms. The fourth-order valence-electron chi connectivity index (χ4n) is 2.73. The first kappa shape index (κ1) is 17.0. The molecule has 0 radical (unpaired) electrons. The molecule has 1 unspecified atom stereocenters. The molecule has 0 amide bonds. The van der Waals surface area contributed by atoms with Crippen LogP contribution in [0.2, 0.25) is 0 Å². The molecular weight excluding hydrogens is 304 g/mol. The molecule has 0 aromatic heterocycles. The lowest BCUT2D eigenvalue weighted by molar-refractivity contribution is 0.734. The van der Waals surface area contributed by atoms with Crippen molar-refractivity contribution in [2.75, 3.05) is 5.43 Å². The molecule has 0 heterocycles. The van der Waals surface area contributed by atoms with Gasteiger partial charge < -0.3 is 0 Å². The van der Waals surface area contributed by atoms with E-state index in [1.807, 2.05) is 36.4 Å². The highest BCUT2D eigenvalue weighted by molar-refractivity contribution is 6.13. The maximum absolute atomic E-state index is 4.70. The summed E-state index contributed by atoms with van der Waals surface area (Å²) in [6.45, 7) is 4.47. The summed E-state index contributed by atoms with van der Waals surface area (Å²) < 4.78 is 0. The molecule has 126 valence electrons. The van der Waals surface area contributed by atoms with Crippen LogP contribution >= 0.6 is 0 Å². The molecule has 1 N–H and O–H groups in total. The minimum atomic E-state index is 0.585. The van der Waals surface area contributed by atoms with E-state index >= 15 is 0 Å². The smallest absolute Gasteiger partial charge is 0.0977 e. The van der Waals surface area contributed by atoms with Crippen molar-refractivity contribution in [2.24, 2.45) is 5.10 Å². The number of rotatable bonds is 6. The number of nitrogens with zero attached hydrogens (tertiary/aromatic N) is 1. The van der Waals surface area contributed by atoms with Crippen molar-refractivity contribution in [1.29, 1.82) is 0 Å². The van der Waals surface area contributed by atoms with Gasteiger partial charge in [0.05, 0.1) is 11.4 Å². The van der Waals surface area contributed by atoms with Gasteiger partial charge >= 0.3 is 0 Å². The Hall–Kier alpha value is -2.87. The van der Waals surface area contributed by atoms with Crippen molar-refractivity contribution < 1.29 is 0 Å². The van der Waals surface area contributed by atoms with Crippen molar-refractivity contribution in [2.45, 2.75) is 26.2 Å². The maximum atomic E-state index is 4.70. The maximum Gasteiger partial charge on any atom is 0.0977 e. The van der Waals surface area contributed by atoms with Crippen molar-refractivity contribution in [3.8, 4) is 0 Å². The van der Waals surface area contributed by atoms with E-state index in [0.717, 1.165) is 28.9 Å². The van der Waals surface area contributed by atoms with E-state index in [9.17, 15) is 0 Å². The lowest BCUT2D eigenvalue weighted by Gasteiger charge is -2.11. The van der Waals surface area contributed by atoms with Gasteiger partial charge in [0, 0.05) is 11.1 Å². The number of nitrogens with one attached hydrogen (secondary N) is 1. The lowest BCUT2D eigenvalue weighted by Crippen LogP contribution is -2.06. The van der Waals surface area contributed by atoms with Gasteiger partial charge in [-0.2, -0.15) is 5.10 Å². The fourth-order valence-corrected chi connectivity index (χ4v) is 2.73. The van der Waals surface area contributed by atoms with Crippen molar-refractivity contribution >= 4 is 11.4 Å². The molecule has 2 heteroatoms. The van der Waals surface area contributed by atoms with Crippen LogP contribution in [0.1, 0.15) is 42.9 Å². The highest BCUT2D eigenvalue weighted by Gasteiger charge is 2.07. The van der Waals surface area contributed by atoms with Gasteiger partial charge in [0.2, 0.25) is 0 Å². The average Bonchev–Trinajstić information content (AvgIpc) is 2.70. The van der Waals surface area contributed by atoms with Crippen LogP contribution in [-0.2, 0) is 0 Å². The van der Waals surface area contributed by atoms with Crippen LogP contribution in [0.4, 0.5) is 5.69 Å². The monoisotopic (exact) mass is 328 g/mol. The van der Waals surface area contributed by atoms with Gasteiger partial charge in [0.15, 0.2) is 0 Å². The molecular formula is C23H24N2. The predicted octanol–water partition coefficient (Wildman–Crippen LogP) is 6.06. The first-order valence-electron chi connectivity index (χ1n) is 8.82. The Morgan fingerprint density at radius 2 is 1.32 bits per heavy atom. The van der Waals surface area contributed by atoms with Crippen molar-refractivity contribution in [3.63, 3.8) is 0 Å². The second-order valence-corrected chi connectivity index (χ2v) is 6.24. The molecule has 25 heavy (non-hydrogen) atoms. The fraction of sp³-hybridized carbons (Fsp3) is 0.174. The Kier molecular flexibility index (Phi) is 5.63. The molecule has 3 rings (SSSR count). The highest BCUT2D eigenvalue weighted by atomic mass is 15.3. The quantitative estimate of drug-likeness (QED) is 0.431. The molecule has 0 spiro atoms. The van der Waals surface area contributed by atoms with Gasteiger partial charge in [-0.3, -0.25) is 5.43 Å². The molecule has 1 atom stereocenters. The SMILES string of the molecule is CCC(C)c1ccc(NN=C(c2ccccc2)c2ccccc2)cc1. The first-order chi connectivity index (χ1) is 12.3. The van der Waals surface area contributed by atoms with Gasteiger partial charge in [-0.15, -0.1) is 0 Å². The summed E-state index contributed by atoms with van der Waals surface area (Å²) >= 11 is 0. The lowest BCUT2D eigenvalue weighted by atomic mass is 9.99. The molecule has 2 nitrogen and oxygen atoms in total. The second kappa shape index (κ2) is 8.29. The molecule has 0 aliphatic rings. The normalized spacial score (nSPS) is 11.6. The summed E-state index contributed by atoms with van der Waals surface area (Å²) in [6.07, 6.45) is 1.15. The van der Waals surface area contributed by atoms with Gasteiger partial charge in [0.1, 0.15) is 0 Å². The summed E-state index contributed by atoms with van der Waals surface area (Å²) in [6, 6.07) is 29.1. The Labute approximate surface area is 150 Å². The van der Waals surface area contributed by atoms with Crippen molar-refractivity contribution in [1.82, 2.24) is 0 Å². The van der Waals surface area contributed by atoms with E-state index in [-0.39, 0.29) is 0 Å². The van der Waals surface area contributed by atoms with Gasteiger partial charge in [-0.1, -0.05) is 86.6 Å². The predicted molar refractivity (Wildman–Crippen MR) is 107 cm³/mol. The Bertz CT molecular complexity index is 764. The first-order valence-corrected chi connectivity index (χ1v) is 8.82. The Balaban J connectivity index is 1.87. The van der Waals surface area contributed by atoms with Crippen LogP contribution in [0.25, 0.3) is 0 Å². The number of anilines is 1. The van der Waals surface area contributed by atoms with E-state index < -0.39 is 0 Å². The molecule has 3 aromatic rings. The summed E-state index contributed by atoms with van der Waals surface area (Å²) in [4.78, 5) is 0. The minimum absolute atomic E-state index is 0.585. The third-order valence-corrected chi connectivity index (χ3v) is 4.48. The zero-order chi connectivity index (χ0) is 17.5. The minimum Gasteiger partial charge on any atom is -0.278 e. The average molecular weight is 328 g/mol. The van der Waals surface area contributed by atoms with Crippen LogP contribution < -0.4 is 5.43 Å². The summed E-state index contributed by atoms with van der Waals surface area (Å²) in [5.74, 6) is 0.585. The van der Waals surface area contributed by atoms with E-state index in [2.05, 4.69) is 67.8 Å². The second-order valence-electron chi connectivity index (χ2n) is 6.24. The summed E-state index contributed by atoms with van der Waals surface area (Å²) in [5, 5.41) is 4.70. The highest BCUT2D eigenvalue weighted by Crippen LogP contribution is 2.21. The summed E-state index contributed by atoms with van der Waals surface area (Å²) in [5.41, 5.74) is 8.70. The Morgan fingerprint density at radius 3 is 1.80 bits per heavy atom. The zero-order valence-corrected chi connectivity index (χ0v) is 14.8. The van der Waals surface area contributed by atoms with Gasteiger partial charge in [-0.25, -0.2) is 0 Å². The molecule has 0 fully saturated rings. The van der Waals surface area contributed by atoms with Crippen LogP contribution in [0.5, 0.6) is 0 Å². The van der Waals surface area contributed by atoms with Crippen molar-refractivity contribution in [3.05, 3.63) is 102 Å². The van der Waals surface area contributed by atoms with Gasteiger partial charge in [0.25, 0.3) is 0 Å². The molecule has 3 aromatic carbocycles. The number of hydrogen-bond acceptors (Lipinski definition) is 2. The van der Waals surface area contributed by atoms with Crippen LogP contribution in [-0.4, -0.2) is 5.71 Å². The molecule has 0 saturated carbocycles. The van der Waals surface area contributed by atoms with Gasteiger partial charge in [-0.05, 0) is 30.0 Å². The topological polar surface area (TPSA) is 24.4 Å². The number of hydrazone groups is 1. The van der Waals surface area contributed by atoms with E-state index in [1.54, 1.807) is 0 Å². The molecule has 0 aliphatic heterocycles. The molecule has 0 saturated heterocycles. The summed E-state index contributed by atoms with van der Waals surface area (Å²) in [7, 11) is 0. The third-order valence-electron chi connectivity index (χ3n) is 4.48. The third kappa shape index (κ3) is 4.36. The van der Waals surface area contributed by atoms with Crippen LogP contribution in [0, 0.1) is 0 Å². The Morgan fingerprint density at radius 1 is 0.800 bits per heavy atom. The van der Waals surface area contributed by atoms with Crippen LogP contribution in [0.3, 0.4) is 0 Å². The molecule has 0 aliphatic carbocycles. The number of hydrogen-bond donors (Lipinski definition) is 1. The zero-order valence-electron chi connectivity index (χ0n) is 14.8. The largest absolute Gasteiger partial charge is 0.278 e. The standard InChI is InChI=1S/C23H24N2/c1-3-18(2)19-14-16-22(17-15-19)24-25-23(20-10-6-4-7-11-20)21-12-8-5-9-13-21/h4-18,24H,3H2,1-2H3. The van der Waals surface area contributed by atoms with E-state index in [4.69, 9.17) is 5.10 Å². The van der Waals surface area contributed by atoms with Crippen LogP contribution in [0.15, 0.2) is 90.0 Å². The van der Waals surface area contributed by atoms with E-state index in [0.29, 0.717) is 5.92 Å².